The molecule has 150 valence electrons. The van der Waals surface area contributed by atoms with Crippen molar-refractivity contribution in [2.75, 3.05) is 10.6 Å². The van der Waals surface area contributed by atoms with Gasteiger partial charge in [-0.25, -0.2) is 9.97 Å². The van der Waals surface area contributed by atoms with Crippen molar-refractivity contribution >= 4 is 34.1 Å². The first-order valence-electron chi connectivity index (χ1n) is 9.88. The summed E-state index contributed by atoms with van der Waals surface area (Å²) in [5.41, 5.74) is 4.28. The molecule has 0 bridgehead atoms. The number of nitrogens with zero attached hydrogens (tertiary/aromatic N) is 2. The molecule has 3 heterocycles. The van der Waals surface area contributed by atoms with E-state index in [0.29, 0.717) is 11.5 Å². The maximum atomic E-state index is 12.7. The number of nitrogens with one attached hydrogen (secondary N) is 3. The third-order valence-corrected chi connectivity index (χ3v) is 4.92. The van der Waals surface area contributed by atoms with Crippen LogP contribution in [0.25, 0.3) is 22.0 Å². The number of benzene rings is 2. The van der Waals surface area contributed by atoms with Crippen LogP contribution < -0.4 is 10.6 Å². The highest BCUT2D eigenvalue weighted by molar-refractivity contribution is 6.05. The van der Waals surface area contributed by atoms with Crippen LogP contribution in [-0.4, -0.2) is 20.9 Å². The fourth-order valence-electron chi connectivity index (χ4n) is 3.41. The Hall–Kier alpha value is -4.45. The number of rotatable bonds is 5. The lowest BCUT2D eigenvalue weighted by atomic mass is 10.1. The zero-order valence-electron chi connectivity index (χ0n) is 16.5. The number of aromatic amines is 1. The SMILES string of the molecule is O=C(Nc1cc(-c2ccnc(Nc3ccccc3)c2)ccn1)c1cc2ccccc2[nH]1. The standard InChI is InChI=1S/C25H19N5O/c31-25(22-14-19-6-4-5-9-21(19)29-22)30-24-16-18(11-13-27-24)17-10-12-26-23(15-17)28-20-7-2-1-3-8-20/h1-16,29H,(H,26,28)(H,27,30,31). The largest absolute Gasteiger partial charge is 0.351 e. The summed E-state index contributed by atoms with van der Waals surface area (Å²) in [6.45, 7) is 0. The van der Waals surface area contributed by atoms with E-state index in [1.165, 1.54) is 0 Å². The Bertz CT molecular complexity index is 1330. The maximum Gasteiger partial charge on any atom is 0.273 e. The number of hydrogen-bond acceptors (Lipinski definition) is 4. The average molecular weight is 405 g/mol. The lowest BCUT2D eigenvalue weighted by molar-refractivity contribution is 0.102. The minimum atomic E-state index is -0.234. The van der Waals surface area contributed by atoms with Gasteiger partial charge < -0.3 is 15.6 Å². The van der Waals surface area contributed by atoms with Crippen LogP contribution in [0.15, 0.2) is 97.3 Å². The van der Waals surface area contributed by atoms with Gasteiger partial charge in [0, 0.05) is 29.0 Å². The molecule has 0 radical (unpaired) electrons. The number of fused-ring (bicyclic) bond motifs is 1. The molecule has 0 spiro atoms. The van der Waals surface area contributed by atoms with Gasteiger partial charge in [-0.05, 0) is 59.7 Å². The highest BCUT2D eigenvalue weighted by atomic mass is 16.1. The van der Waals surface area contributed by atoms with Gasteiger partial charge in [0.15, 0.2) is 0 Å². The number of para-hydroxylation sites is 2. The van der Waals surface area contributed by atoms with Gasteiger partial charge in [0.2, 0.25) is 0 Å². The molecular formula is C25H19N5O. The van der Waals surface area contributed by atoms with Crippen molar-refractivity contribution in [3.8, 4) is 11.1 Å². The van der Waals surface area contributed by atoms with Crippen molar-refractivity contribution in [3.05, 3.63) is 103 Å². The Morgan fingerprint density at radius 2 is 1.42 bits per heavy atom. The lowest BCUT2D eigenvalue weighted by Crippen LogP contribution is -2.13. The highest BCUT2D eigenvalue weighted by Gasteiger charge is 2.11. The molecule has 3 aromatic heterocycles. The van der Waals surface area contributed by atoms with Crippen LogP contribution >= 0.6 is 0 Å². The number of amides is 1. The Balaban J connectivity index is 1.36. The van der Waals surface area contributed by atoms with Crippen LogP contribution in [0.4, 0.5) is 17.3 Å². The van der Waals surface area contributed by atoms with Gasteiger partial charge in [0.1, 0.15) is 17.3 Å². The van der Waals surface area contributed by atoms with Crippen molar-refractivity contribution in [1.29, 1.82) is 0 Å². The van der Waals surface area contributed by atoms with Crippen LogP contribution in [0.2, 0.25) is 0 Å². The first-order valence-corrected chi connectivity index (χ1v) is 9.88. The molecule has 0 saturated carbocycles. The number of carbonyl (C=O) groups is 1. The molecule has 0 aliphatic rings. The lowest BCUT2D eigenvalue weighted by Gasteiger charge is -2.09. The molecule has 0 atom stereocenters. The highest BCUT2D eigenvalue weighted by Crippen LogP contribution is 2.25. The normalized spacial score (nSPS) is 10.7. The minimum absolute atomic E-state index is 0.234. The summed E-state index contributed by atoms with van der Waals surface area (Å²) in [5.74, 6) is 0.988. The number of carbonyl (C=O) groups excluding carboxylic acids is 1. The van der Waals surface area contributed by atoms with E-state index in [-0.39, 0.29) is 5.91 Å². The Labute approximate surface area is 179 Å². The summed E-state index contributed by atoms with van der Waals surface area (Å²) < 4.78 is 0. The van der Waals surface area contributed by atoms with Crippen LogP contribution in [0.3, 0.4) is 0 Å². The van der Waals surface area contributed by atoms with Gasteiger partial charge in [-0.15, -0.1) is 0 Å². The molecule has 2 aromatic carbocycles. The van der Waals surface area contributed by atoms with Gasteiger partial charge in [-0.2, -0.15) is 0 Å². The third kappa shape index (κ3) is 4.13. The van der Waals surface area contributed by atoms with E-state index < -0.39 is 0 Å². The molecule has 6 heteroatoms. The molecule has 0 fully saturated rings. The fourth-order valence-corrected chi connectivity index (χ4v) is 3.41. The zero-order valence-corrected chi connectivity index (χ0v) is 16.5. The second kappa shape index (κ2) is 8.12. The predicted molar refractivity (Wildman–Crippen MR) is 123 cm³/mol. The van der Waals surface area contributed by atoms with E-state index in [4.69, 9.17) is 0 Å². The van der Waals surface area contributed by atoms with Crippen LogP contribution in [0.1, 0.15) is 10.5 Å². The van der Waals surface area contributed by atoms with E-state index in [9.17, 15) is 4.79 Å². The summed E-state index contributed by atoms with van der Waals surface area (Å²) in [6.07, 6.45) is 3.44. The third-order valence-electron chi connectivity index (χ3n) is 4.92. The topological polar surface area (TPSA) is 82.7 Å². The molecule has 0 aliphatic heterocycles. The number of hydrogen-bond donors (Lipinski definition) is 3. The van der Waals surface area contributed by atoms with Crippen LogP contribution in [0, 0.1) is 0 Å². The Morgan fingerprint density at radius 3 is 2.19 bits per heavy atom. The van der Waals surface area contributed by atoms with E-state index in [1.54, 1.807) is 12.4 Å². The first-order chi connectivity index (χ1) is 15.2. The summed E-state index contributed by atoms with van der Waals surface area (Å²) >= 11 is 0. The van der Waals surface area contributed by atoms with Gasteiger partial charge in [0.25, 0.3) is 5.91 Å². The van der Waals surface area contributed by atoms with Crippen LogP contribution in [-0.2, 0) is 0 Å². The summed E-state index contributed by atoms with van der Waals surface area (Å²) in [5, 5.41) is 7.16. The van der Waals surface area contributed by atoms with Crippen molar-refractivity contribution in [3.63, 3.8) is 0 Å². The zero-order chi connectivity index (χ0) is 21.0. The number of anilines is 3. The second-order valence-corrected chi connectivity index (χ2v) is 7.07. The van der Waals surface area contributed by atoms with Crippen LogP contribution in [0.5, 0.6) is 0 Å². The van der Waals surface area contributed by atoms with Gasteiger partial charge in [0.05, 0.1) is 0 Å². The second-order valence-electron chi connectivity index (χ2n) is 7.07. The van der Waals surface area contributed by atoms with E-state index in [1.807, 2.05) is 84.9 Å². The van der Waals surface area contributed by atoms with E-state index in [2.05, 4.69) is 25.6 Å². The minimum Gasteiger partial charge on any atom is -0.351 e. The summed E-state index contributed by atoms with van der Waals surface area (Å²) in [6, 6.07) is 27.1. The molecule has 0 saturated heterocycles. The summed E-state index contributed by atoms with van der Waals surface area (Å²) in [4.78, 5) is 24.5. The molecule has 5 aromatic rings. The molecule has 1 amide bonds. The van der Waals surface area contributed by atoms with Crippen molar-refractivity contribution in [2.24, 2.45) is 0 Å². The van der Waals surface area contributed by atoms with Crippen molar-refractivity contribution < 1.29 is 4.79 Å². The number of H-pyrrole nitrogens is 1. The molecule has 31 heavy (non-hydrogen) atoms. The molecule has 0 aliphatic carbocycles. The first kappa shape index (κ1) is 18.6. The molecule has 3 N–H and O–H groups in total. The number of aromatic nitrogens is 3. The average Bonchev–Trinajstić information content (AvgIpc) is 3.25. The van der Waals surface area contributed by atoms with E-state index in [0.717, 1.165) is 33.5 Å². The molecule has 6 nitrogen and oxygen atoms in total. The predicted octanol–water partition coefficient (Wildman–Crippen LogP) is 5.62. The van der Waals surface area contributed by atoms with Gasteiger partial charge in [-0.3, -0.25) is 4.79 Å². The van der Waals surface area contributed by atoms with Crippen molar-refractivity contribution in [2.45, 2.75) is 0 Å². The van der Waals surface area contributed by atoms with Crippen molar-refractivity contribution in [1.82, 2.24) is 15.0 Å². The maximum absolute atomic E-state index is 12.7. The quantitative estimate of drug-likeness (QED) is 0.354. The Morgan fingerprint density at radius 1 is 0.742 bits per heavy atom. The monoisotopic (exact) mass is 405 g/mol. The molecule has 0 unspecified atom stereocenters. The smallest absolute Gasteiger partial charge is 0.273 e. The van der Waals surface area contributed by atoms with Gasteiger partial charge >= 0.3 is 0 Å². The Kier molecular flexibility index (Phi) is 4.86. The molecule has 5 rings (SSSR count). The fraction of sp³-hybridized carbons (Fsp3) is 0. The van der Waals surface area contributed by atoms with E-state index >= 15 is 0 Å². The van der Waals surface area contributed by atoms with Gasteiger partial charge in [-0.1, -0.05) is 36.4 Å². The number of pyridine rings is 2. The summed E-state index contributed by atoms with van der Waals surface area (Å²) in [7, 11) is 0. The molecular weight excluding hydrogens is 386 g/mol.